The van der Waals surface area contributed by atoms with Crippen LogP contribution in [0.3, 0.4) is 0 Å². The standard InChI is InChI=1S/C20H27N3O2/c1-3-13-23(19(24)16-22-14-9-6-10-15-22)18(4-2)20(25)21-17-11-7-5-8-12-17/h1,6,9-10,14-15,17-18H,4-5,7-8,11-13,16H2,2H3/p+1. The Morgan fingerprint density at radius 3 is 2.52 bits per heavy atom. The highest BCUT2D eigenvalue weighted by atomic mass is 16.2. The van der Waals surface area contributed by atoms with Crippen molar-refractivity contribution in [3.05, 3.63) is 30.6 Å². The minimum atomic E-state index is -0.519. The first-order chi connectivity index (χ1) is 12.2. The minimum absolute atomic E-state index is 0.0870. The van der Waals surface area contributed by atoms with Crippen LogP contribution in [0.25, 0.3) is 0 Å². The molecule has 5 nitrogen and oxygen atoms in total. The largest absolute Gasteiger partial charge is 0.352 e. The molecule has 0 saturated heterocycles. The molecule has 1 aromatic heterocycles. The third kappa shape index (κ3) is 5.60. The van der Waals surface area contributed by atoms with Crippen LogP contribution in [0.1, 0.15) is 45.4 Å². The van der Waals surface area contributed by atoms with Crippen LogP contribution in [0.15, 0.2) is 30.6 Å². The number of terminal acetylenes is 1. The molecular formula is C20H28N3O2+. The average molecular weight is 342 g/mol. The Hall–Kier alpha value is -2.35. The number of carbonyl (C=O) groups excluding carboxylic acids is 2. The number of nitrogens with zero attached hydrogens (tertiary/aromatic N) is 2. The fraction of sp³-hybridized carbons (Fsp3) is 0.550. The van der Waals surface area contributed by atoms with Gasteiger partial charge in [0.05, 0.1) is 6.54 Å². The predicted molar refractivity (Wildman–Crippen MR) is 96.3 cm³/mol. The summed E-state index contributed by atoms with van der Waals surface area (Å²) in [5.41, 5.74) is 0. The number of hydrogen-bond donors (Lipinski definition) is 1. The van der Waals surface area contributed by atoms with Crippen molar-refractivity contribution in [2.24, 2.45) is 0 Å². The molecule has 2 amide bonds. The lowest BCUT2D eigenvalue weighted by molar-refractivity contribution is -0.685. The highest BCUT2D eigenvalue weighted by molar-refractivity contribution is 5.87. The molecular weight excluding hydrogens is 314 g/mol. The van der Waals surface area contributed by atoms with Gasteiger partial charge in [0.15, 0.2) is 12.4 Å². The lowest BCUT2D eigenvalue weighted by atomic mass is 9.95. The fourth-order valence-corrected chi connectivity index (χ4v) is 3.35. The van der Waals surface area contributed by atoms with Gasteiger partial charge in [-0.15, -0.1) is 6.42 Å². The molecule has 5 heteroatoms. The van der Waals surface area contributed by atoms with Crippen LogP contribution in [0.5, 0.6) is 0 Å². The van der Waals surface area contributed by atoms with Crippen LogP contribution in [0.4, 0.5) is 0 Å². The Morgan fingerprint density at radius 1 is 1.24 bits per heavy atom. The zero-order valence-corrected chi connectivity index (χ0v) is 15.0. The third-order valence-corrected chi connectivity index (χ3v) is 4.69. The highest BCUT2D eigenvalue weighted by Gasteiger charge is 2.31. The van der Waals surface area contributed by atoms with Crippen molar-refractivity contribution in [2.45, 2.75) is 64.1 Å². The minimum Gasteiger partial charge on any atom is -0.352 e. The summed E-state index contributed by atoms with van der Waals surface area (Å²) in [4.78, 5) is 27.0. The molecule has 134 valence electrons. The van der Waals surface area contributed by atoms with Crippen molar-refractivity contribution in [1.29, 1.82) is 0 Å². The lowest BCUT2D eigenvalue weighted by Crippen LogP contribution is -2.54. The topological polar surface area (TPSA) is 53.3 Å². The van der Waals surface area contributed by atoms with Crippen LogP contribution in [-0.2, 0) is 16.1 Å². The van der Waals surface area contributed by atoms with E-state index in [0.29, 0.717) is 6.42 Å². The van der Waals surface area contributed by atoms with Gasteiger partial charge >= 0.3 is 0 Å². The number of hydrogen-bond acceptors (Lipinski definition) is 2. The summed E-state index contributed by atoms with van der Waals surface area (Å²) < 4.78 is 1.79. The zero-order valence-electron chi connectivity index (χ0n) is 15.0. The summed E-state index contributed by atoms with van der Waals surface area (Å²) in [5.74, 6) is 2.30. The van der Waals surface area contributed by atoms with E-state index in [-0.39, 0.29) is 30.9 Å². The van der Waals surface area contributed by atoms with E-state index < -0.39 is 6.04 Å². The van der Waals surface area contributed by atoms with Gasteiger partial charge < -0.3 is 10.2 Å². The van der Waals surface area contributed by atoms with Crippen LogP contribution >= 0.6 is 0 Å². The molecule has 1 heterocycles. The van der Waals surface area contributed by atoms with Gasteiger partial charge in [-0.1, -0.05) is 38.2 Å². The number of rotatable bonds is 7. The van der Waals surface area contributed by atoms with Gasteiger partial charge in [-0.25, -0.2) is 0 Å². The van der Waals surface area contributed by atoms with E-state index in [1.54, 1.807) is 4.57 Å². The van der Waals surface area contributed by atoms with Gasteiger partial charge in [0.25, 0.3) is 5.91 Å². The predicted octanol–water partition coefficient (Wildman–Crippen LogP) is 1.66. The van der Waals surface area contributed by atoms with Gasteiger partial charge in [-0.05, 0) is 19.3 Å². The summed E-state index contributed by atoms with van der Waals surface area (Å²) in [6.07, 6.45) is 15.2. The van der Waals surface area contributed by atoms with Crippen molar-refractivity contribution in [2.75, 3.05) is 6.54 Å². The van der Waals surface area contributed by atoms with Crippen molar-refractivity contribution < 1.29 is 14.2 Å². The van der Waals surface area contributed by atoms with Gasteiger partial charge in [0, 0.05) is 18.2 Å². The lowest BCUT2D eigenvalue weighted by Gasteiger charge is -2.30. The normalized spacial score (nSPS) is 15.8. The maximum atomic E-state index is 12.7. The quantitative estimate of drug-likeness (QED) is 0.605. The Bertz CT molecular complexity index is 603. The van der Waals surface area contributed by atoms with E-state index in [1.165, 1.54) is 11.3 Å². The van der Waals surface area contributed by atoms with Gasteiger partial charge in [-0.2, -0.15) is 4.57 Å². The molecule has 1 fully saturated rings. The first-order valence-corrected chi connectivity index (χ1v) is 9.13. The number of amides is 2. The summed E-state index contributed by atoms with van der Waals surface area (Å²) in [7, 11) is 0. The summed E-state index contributed by atoms with van der Waals surface area (Å²) in [6, 6.07) is 5.33. The Kier molecular flexibility index (Phi) is 7.46. The summed E-state index contributed by atoms with van der Waals surface area (Å²) >= 11 is 0. The maximum Gasteiger partial charge on any atom is 0.290 e. The summed E-state index contributed by atoms with van der Waals surface area (Å²) in [6.45, 7) is 2.23. The fourth-order valence-electron chi connectivity index (χ4n) is 3.35. The molecule has 0 aromatic carbocycles. The number of aromatic nitrogens is 1. The number of nitrogens with one attached hydrogen (secondary N) is 1. The molecule has 1 atom stereocenters. The monoisotopic (exact) mass is 342 g/mol. The molecule has 1 aliphatic rings. The number of carbonyl (C=O) groups is 2. The molecule has 1 unspecified atom stereocenters. The molecule has 0 aliphatic heterocycles. The zero-order chi connectivity index (χ0) is 18.1. The first-order valence-electron chi connectivity index (χ1n) is 9.13. The van der Waals surface area contributed by atoms with E-state index in [0.717, 1.165) is 25.7 Å². The van der Waals surface area contributed by atoms with E-state index in [1.807, 2.05) is 37.5 Å². The Labute approximate surface area is 150 Å². The van der Waals surface area contributed by atoms with E-state index in [2.05, 4.69) is 11.2 Å². The van der Waals surface area contributed by atoms with E-state index in [9.17, 15) is 9.59 Å². The van der Waals surface area contributed by atoms with Gasteiger partial charge in [0.2, 0.25) is 12.5 Å². The second-order valence-electron chi connectivity index (χ2n) is 6.54. The second kappa shape index (κ2) is 9.83. The van der Waals surface area contributed by atoms with Crippen LogP contribution in [0, 0.1) is 12.3 Å². The molecule has 0 radical (unpaired) electrons. The second-order valence-corrected chi connectivity index (χ2v) is 6.54. The van der Waals surface area contributed by atoms with Crippen molar-refractivity contribution >= 4 is 11.8 Å². The van der Waals surface area contributed by atoms with Crippen LogP contribution in [0.2, 0.25) is 0 Å². The molecule has 2 rings (SSSR count). The molecule has 1 aliphatic carbocycles. The average Bonchev–Trinajstić information content (AvgIpc) is 2.63. The molecule has 0 bridgehead atoms. The first kappa shape index (κ1) is 19.0. The molecule has 25 heavy (non-hydrogen) atoms. The molecule has 0 spiro atoms. The SMILES string of the molecule is C#CCN(C(=O)C[n+]1ccccc1)C(CC)C(=O)NC1CCCCC1. The van der Waals surface area contributed by atoms with E-state index >= 15 is 0 Å². The van der Waals surface area contributed by atoms with Gasteiger partial charge in [0.1, 0.15) is 6.04 Å². The summed E-state index contributed by atoms with van der Waals surface area (Å²) in [5, 5.41) is 3.12. The van der Waals surface area contributed by atoms with E-state index in [4.69, 9.17) is 6.42 Å². The third-order valence-electron chi connectivity index (χ3n) is 4.69. The van der Waals surface area contributed by atoms with Crippen LogP contribution < -0.4 is 9.88 Å². The smallest absolute Gasteiger partial charge is 0.290 e. The van der Waals surface area contributed by atoms with Crippen molar-refractivity contribution in [3.63, 3.8) is 0 Å². The Morgan fingerprint density at radius 2 is 1.92 bits per heavy atom. The van der Waals surface area contributed by atoms with Gasteiger partial charge in [-0.3, -0.25) is 9.59 Å². The Balaban J connectivity index is 2.04. The molecule has 1 aromatic rings. The molecule has 1 saturated carbocycles. The highest BCUT2D eigenvalue weighted by Crippen LogP contribution is 2.18. The van der Waals surface area contributed by atoms with Crippen molar-refractivity contribution in [3.8, 4) is 12.3 Å². The van der Waals surface area contributed by atoms with Crippen molar-refractivity contribution in [1.82, 2.24) is 10.2 Å². The number of pyridine rings is 1. The van der Waals surface area contributed by atoms with Crippen LogP contribution in [-0.4, -0.2) is 35.3 Å². The maximum absolute atomic E-state index is 12.7. The molecule has 1 N–H and O–H groups in total.